The van der Waals surface area contributed by atoms with Crippen molar-refractivity contribution in [1.82, 2.24) is 25.8 Å². The van der Waals surface area contributed by atoms with Gasteiger partial charge in [0.15, 0.2) is 0 Å². The molecular formula is C33H47N7O9. The zero-order valence-corrected chi connectivity index (χ0v) is 27.8. The van der Waals surface area contributed by atoms with Gasteiger partial charge in [0.25, 0.3) is 0 Å². The highest BCUT2D eigenvalue weighted by atomic mass is 16.4. The molecule has 0 saturated carbocycles. The third-order valence-electron chi connectivity index (χ3n) is 9.34. The molecule has 3 aliphatic rings. The fraction of sp³-hybridized carbons (Fsp3) is 0.606. The Bertz CT molecular complexity index is 1440. The monoisotopic (exact) mass is 685 g/mol. The lowest BCUT2D eigenvalue weighted by molar-refractivity contribution is -0.147. The van der Waals surface area contributed by atoms with Crippen molar-refractivity contribution in [3.05, 3.63) is 29.8 Å². The van der Waals surface area contributed by atoms with Crippen LogP contribution >= 0.6 is 0 Å². The number of likely N-dealkylation sites (tertiary alicyclic amines) is 1. The molecule has 0 aromatic heterocycles. The Balaban J connectivity index is 1.47. The van der Waals surface area contributed by atoms with Gasteiger partial charge in [-0.1, -0.05) is 26.0 Å². The average Bonchev–Trinajstić information content (AvgIpc) is 3.62. The second-order valence-electron chi connectivity index (χ2n) is 13.6. The standard InChI is InChI=1S/C33H47N7O9/c1-17(2)13-24(29(35)45)38-30(46)22(10-12-28(43)44)36-31(47)25-11-6-20-5-9-23(33(49)40(20)25)37-32(48)26(39-16-19(34)15-27(39)42)14-18-3-7-21(41)8-4-18/h3-4,7-8,17,19-20,22-26,41H,5-6,9-16,34H2,1-2H3,(H2,35,45)(H,36,47)(H,37,48)(H,38,46)(H,43,44)/t19-,20-,22-,23-,24-,25-,26-/m1/s1. The number of primary amides is 1. The van der Waals surface area contributed by atoms with E-state index in [1.807, 2.05) is 13.8 Å². The van der Waals surface area contributed by atoms with Crippen molar-refractivity contribution in [1.29, 1.82) is 0 Å². The summed E-state index contributed by atoms with van der Waals surface area (Å²) >= 11 is 0. The minimum absolute atomic E-state index is 0.00957. The van der Waals surface area contributed by atoms with E-state index < -0.39 is 78.2 Å². The van der Waals surface area contributed by atoms with E-state index in [4.69, 9.17) is 11.5 Å². The Kier molecular flexibility index (Phi) is 12.2. The summed E-state index contributed by atoms with van der Waals surface area (Å²) in [6, 6.07) is 0.246. The van der Waals surface area contributed by atoms with Crippen LogP contribution in [0.2, 0.25) is 0 Å². The zero-order chi connectivity index (χ0) is 36.0. The molecule has 3 heterocycles. The predicted molar refractivity (Wildman–Crippen MR) is 174 cm³/mol. The van der Waals surface area contributed by atoms with E-state index in [0.717, 1.165) is 0 Å². The number of hydrogen-bond donors (Lipinski definition) is 7. The number of aromatic hydroxyl groups is 1. The highest BCUT2D eigenvalue weighted by molar-refractivity contribution is 5.97. The second kappa shape index (κ2) is 16.1. The normalized spacial score (nSPS) is 23.8. The number of benzene rings is 1. The number of piperidine rings is 1. The lowest BCUT2D eigenvalue weighted by Gasteiger charge is -2.39. The first-order chi connectivity index (χ1) is 23.1. The lowest BCUT2D eigenvalue weighted by Crippen LogP contribution is -2.62. The van der Waals surface area contributed by atoms with Crippen LogP contribution in [0.4, 0.5) is 0 Å². The van der Waals surface area contributed by atoms with Crippen molar-refractivity contribution in [2.45, 2.75) is 114 Å². The van der Waals surface area contributed by atoms with Gasteiger partial charge in [0.1, 0.15) is 36.0 Å². The Morgan fingerprint density at radius 1 is 0.959 bits per heavy atom. The van der Waals surface area contributed by atoms with Crippen molar-refractivity contribution < 1.29 is 43.8 Å². The topological polar surface area (TPSA) is 255 Å². The van der Waals surface area contributed by atoms with Crippen molar-refractivity contribution in [3.63, 3.8) is 0 Å². The van der Waals surface area contributed by atoms with E-state index >= 15 is 0 Å². The van der Waals surface area contributed by atoms with E-state index in [1.165, 1.54) is 21.9 Å². The molecule has 0 bridgehead atoms. The van der Waals surface area contributed by atoms with Crippen molar-refractivity contribution in [2.75, 3.05) is 6.54 Å². The third kappa shape index (κ3) is 9.46. The predicted octanol–water partition coefficient (Wildman–Crippen LogP) is -1.13. The molecule has 9 N–H and O–H groups in total. The maximum atomic E-state index is 13.9. The largest absolute Gasteiger partial charge is 0.508 e. The van der Waals surface area contributed by atoms with Gasteiger partial charge in [-0.2, -0.15) is 0 Å². The third-order valence-corrected chi connectivity index (χ3v) is 9.34. The fourth-order valence-corrected chi connectivity index (χ4v) is 6.88. The van der Waals surface area contributed by atoms with Crippen molar-refractivity contribution in [2.24, 2.45) is 17.4 Å². The molecule has 7 atom stereocenters. The Hall–Kier alpha value is -4.73. The summed E-state index contributed by atoms with van der Waals surface area (Å²) in [6.07, 6.45) is 1.36. The first-order valence-corrected chi connectivity index (χ1v) is 16.7. The molecule has 3 fully saturated rings. The molecule has 0 spiro atoms. The maximum absolute atomic E-state index is 13.9. The van der Waals surface area contributed by atoms with Crippen LogP contribution in [0, 0.1) is 5.92 Å². The van der Waals surface area contributed by atoms with E-state index in [2.05, 4.69) is 16.0 Å². The van der Waals surface area contributed by atoms with Gasteiger partial charge in [0.05, 0.1) is 0 Å². The molecule has 1 aromatic rings. The van der Waals surface area contributed by atoms with E-state index in [9.17, 15) is 43.8 Å². The number of phenols is 1. The number of rotatable bonds is 15. The van der Waals surface area contributed by atoms with E-state index in [1.54, 1.807) is 12.1 Å². The fourth-order valence-electron chi connectivity index (χ4n) is 6.88. The van der Waals surface area contributed by atoms with Gasteiger partial charge >= 0.3 is 5.97 Å². The highest BCUT2D eigenvalue weighted by Gasteiger charge is 2.48. The number of amides is 6. The van der Waals surface area contributed by atoms with Gasteiger partial charge in [0.2, 0.25) is 35.4 Å². The molecule has 0 radical (unpaired) electrons. The summed E-state index contributed by atoms with van der Waals surface area (Å²) in [4.78, 5) is 93.3. The summed E-state index contributed by atoms with van der Waals surface area (Å²) < 4.78 is 0. The number of nitrogens with two attached hydrogens (primary N) is 2. The van der Waals surface area contributed by atoms with Crippen molar-refractivity contribution in [3.8, 4) is 5.75 Å². The van der Waals surface area contributed by atoms with Crippen LogP contribution in [0.15, 0.2) is 24.3 Å². The molecule has 6 amide bonds. The summed E-state index contributed by atoms with van der Waals surface area (Å²) in [5.41, 5.74) is 12.2. The molecule has 49 heavy (non-hydrogen) atoms. The van der Waals surface area contributed by atoms with Gasteiger partial charge in [-0.15, -0.1) is 0 Å². The number of carbonyl (C=O) groups excluding carboxylic acids is 6. The molecule has 16 nitrogen and oxygen atoms in total. The molecule has 4 rings (SSSR count). The Morgan fingerprint density at radius 3 is 2.22 bits per heavy atom. The molecule has 0 unspecified atom stereocenters. The van der Waals surface area contributed by atoms with E-state index in [0.29, 0.717) is 24.8 Å². The first-order valence-electron chi connectivity index (χ1n) is 16.7. The second-order valence-corrected chi connectivity index (χ2v) is 13.6. The Labute approximate surface area is 284 Å². The number of nitrogens with zero attached hydrogens (tertiary/aromatic N) is 2. The quantitative estimate of drug-likeness (QED) is 0.117. The van der Waals surface area contributed by atoms with Crippen LogP contribution in [0.3, 0.4) is 0 Å². The number of phenolic OH excluding ortho intramolecular Hbond substituents is 1. The van der Waals surface area contributed by atoms with Crippen molar-refractivity contribution >= 4 is 41.4 Å². The maximum Gasteiger partial charge on any atom is 0.303 e. The molecule has 3 saturated heterocycles. The van der Waals surface area contributed by atoms with Gasteiger partial charge in [-0.05, 0) is 62.1 Å². The summed E-state index contributed by atoms with van der Waals surface area (Å²) in [6.45, 7) is 3.84. The Morgan fingerprint density at radius 2 is 1.63 bits per heavy atom. The summed E-state index contributed by atoms with van der Waals surface area (Å²) in [5, 5.41) is 26.9. The smallest absolute Gasteiger partial charge is 0.303 e. The highest BCUT2D eigenvalue weighted by Crippen LogP contribution is 2.33. The van der Waals surface area contributed by atoms with Crippen LogP contribution in [-0.2, 0) is 40.0 Å². The van der Waals surface area contributed by atoms with E-state index in [-0.39, 0.29) is 62.3 Å². The number of fused-ring (bicyclic) bond motifs is 1. The number of aliphatic carboxylic acids is 1. The number of carbonyl (C=O) groups is 7. The summed E-state index contributed by atoms with van der Waals surface area (Å²) in [7, 11) is 0. The zero-order valence-electron chi connectivity index (χ0n) is 27.8. The average molecular weight is 686 g/mol. The minimum atomic E-state index is -1.31. The number of hydrogen-bond acceptors (Lipinski definition) is 9. The van der Waals surface area contributed by atoms with Crippen LogP contribution in [0.5, 0.6) is 5.75 Å². The molecule has 268 valence electrons. The lowest BCUT2D eigenvalue weighted by atomic mass is 9.97. The molecule has 3 aliphatic heterocycles. The van der Waals surface area contributed by atoms with Crippen LogP contribution in [0.1, 0.15) is 70.8 Å². The summed E-state index contributed by atoms with van der Waals surface area (Å²) in [5.74, 6) is -4.64. The minimum Gasteiger partial charge on any atom is -0.508 e. The molecule has 0 aliphatic carbocycles. The molecule has 16 heteroatoms. The van der Waals surface area contributed by atoms with Gasteiger partial charge < -0.3 is 47.4 Å². The van der Waals surface area contributed by atoms with Crippen LogP contribution in [-0.4, -0.2) is 110 Å². The SMILES string of the molecule is CC(C)C[C@@H](NC(=O)[C@@H](CCC(=O)O)NC(=O)[C@H]1CC[C@H]2CC[C@@H](NC(=O)[C@@H](Cc3ccc(O)cc3)N3C[C@H](N)CC3=O)C(=O)N21)C(N)=O. The number of nitrogens with one attached hydrogen (secondary N) is 3. The van der Waals surface area contributed by atoms with Gasteiger partial charge in [-0.3, -0.25) is 33.6 Å². The number of carboxylic acids is 1. The van der Waals surface area contributed by atoms with Gasteiger partial charge in [0, 0.05) is 37.9 Å². The number of carboxylic acid groups (broad SMARTS) is 1. The first kappa shape index (κ1) is 37.1. The van der Waals surface area contributed by atoms with Crippen LogP contribution < -0.4 is 27.4 Å². The van der Waals surface area contributed by atoms with Gasteiger partial charge in [-0.25, -0.2) is 0 Å². The van der Waals surface area contributed by atoms with Crippen LogP contribution in [0.25, 0.3) is 0 Å². The molecular weight excluding hydrogens is 638 g/mol. The molecule has 1 aromatic carbocycles.